The van der Waals surface area contributed by atoms with Crippen molar-refractivity contribution < 1.29 is 22.4 Å². The van der Waals surface area contributed by atoms with Gasteiger partial charge in [0.2, 0.25) is 0 Å². The van der Waals surface area contributed by atoms with E-state index in [1.165, 1.54) is 12.4 Å². The lowest BCUT2D eigenvalue weighted by molar-refractivity contribution is 0.00465. The first-order valence-electron chi connectivity index (χ1n) is 15.3. The Balaban J connectivity index is 1.57. The number of carbonyl (C=O) groups is 1. The van der Waals surface area contributed by atoms with Gasteiger partial charge in [0.1, 0.15) is 5.60 Å². The number of aromatic amines is 1. The molecule has 45 heavy (non-hydrogen) atoms. The fraction of sp³-hybridized carbons (Fsp3) is 0.531. The number of pyridine rings is 1. The second-order valence-electron chi connectivity index (χ2n) is 14.8. The molecule has 0 bridgehead atoms. The highest BCUT2D eigenvalue weighted by Gasteiger charge is 2.49. The Morgan fingerprint density at radius 2 is 1.78 bits per heavy atom. The van der Waals surface area contributed by atoms with Gasteiger partial charge in [-0.2, -0.15) is 0 Å². The van der Waals surface area contributed by atoms with Gasteiger partial charge in [-0.05, 0) is 83.3 Å². The molecule has 1 amide bonds. The molecule has 0 aliphatic heterocycles. The van der Waals surface area contributed by atoms with Crippen molar-refractivity contribution in [3.8, 4) is 0 Å². The molecule has 5 rings (SSSR count). The standard InChI is InChI=1S/C32H45N5O6SSi/c1-30(2,3)42-29(39)35-32(7)17-15-21(19-25(32)43-45(8,9)31(4,5)6)37-26-23-16-18-36(27(23)33-20-24(26)34-28(37)38)44(40,41)22-13-11-10-12-14-22/h10-14,16,18,20-21,25H,15,17,19H2,1-9H3,(H,34,38)(H,35,39)/t21-,25+,32+/m0/s1. The molecular weight excluding hydrogens is 611 g/mol. The molecule has 3 heterocycles. The number of nitrogens with zero attached hydrogens (tertiary/aromatic N) is 3. The summed E-state index contributed by atoms with van der Waals surface area (Å²) in [6.07, 6.45) is 3.63. The zero-order valence-corrected chi connectivity index (χ0v) is 29.4. The predicted molar refractivity (Wildman–Crippen MR) is 178 cm³/mol. The van der Waals surface area contributed by atoms with Gasteiger partial charge >= 0.3 is 11.8 Å². The van der Waals surface area contributed by atoms with Crippen molar-refractivity contribution in [2.75, 3.05) is 0 Å². The average Bonchev–Trinajstić information content (AvgIpc) is 3.49. The van der Waals surface area contributed by atoms with Crippen LogP contribution in [-0.2, 0) is 19.2 Å². The smallest absolute Gasteiger partial charge is 0.408 e. The van der Waals surface area contributed by atoms with E-state index in [0.717, 1.165) is 3.97 Å². The molecule has 1 saturated carbocycles. The van der Waals surface area contributed by atoms with Gasteiger partial charge in [0.05, 0.1) is 33.8 Å². The molecule has 1 aliphatic carbocycles. The first-order chi connectivity index (χ1) is 20.7. The summed E-state index contributed by atoms with van der Waals surface area (Å²) in [6.45, 7) is 18.3. The van der Waals surface area contributed by atoms with E-state index in [1.54, 1.807) is 41.0 Å². The Morgan fingerprint density at radius 3 is 2.40 bits per heavy atom. The van der Waals surface area contributed by atoms with Crippen LogP contribution in [0.15, 0.2) is 58.5 Å². The first-order valence-corrected chi connectivity index (χ1v) is 19.7. The number of H-pyrrole nitrogens is 1. The lowest BCUT2D eigenvalue weighted by Crippen LogP contribution is -2.62. The Labute approximate surface area is 265 Å². The van der Waals surface area contributed by atoms with Gasteiger partial charge in [0.25, 0.3) is 10.0 Å². The number of rotatable bonds is 6. The molecule has 4 aromatic rings. The van der Waals surface area contributed by atoms with E-state index in [2.05, 4.69) is 49.1 Å². The van der Waals surface area contributed by atoms with Gasteiger partial charge in [0.15, 0.2) is 14.0 Å². The van der Waals surface area contributed by atoms with Crippen LogP contribution >= 0.6 is 0 Å². The third-order valence-electron chi connectivity index (χ3n) is 9.24. The van der Waals surface area contributed by atoms with Gasteiger partial charge in [-0.1, -0.05) is 39.0 Å². The van der Waals surface area contributed by atoms with Crippen LogP contribution in [0.3, 0.4) is 0 Å². The molecule has 11 nitrogen and oxygen atoms in total. The summed E-state index contributed by atoms with van der Waals surface area (Å²) >= 11 is 0. The normalized spacial score (nSPS) is 21.7. The summed E-state index contributed by atoms with van der Waals surface area (Å²) in [5, 5.41) is 3.58. The van der Waals surface area contributed by atoms with Crippen molar-refractivity contribution in [3.63, 3.8) is 0 Å². The summed E-state index contributed by atoms with van der Waals surface area (Å²) in [6, 6.07) is 9.59. The van der Waals surface area contributed by atoms with Crippen molar-refractivity contribution >= 4 is 46.5 Å². The monoisotopic (exact) mass is 655 g/mol. The van der Waals surface area contributed by atoms with Crippen molar-refractivity contribution in [1.29, 1.82) is 0 Å². The maximum atomic E-state index is 13.6. The number of carbonyl (C=O) groups excluding carboxylic acids is 1. The van der Waals surface area contributed by atoms with Crippen LogP contribution in [0.2, 0.25) is 18.1 Å². The zero-order chi connectivity index (χ0) is 33.2. The molecule has 0 spiro atoms. The molecule has 1 aliphatic rings. The van der Waals surface area contributed by atoms with E-state index in [4.69, 9.17) is 9.16 Å². The largest absolute Gasteiger partial charge is 0.444 e. The Bertz CT molecular complexity index is 1900. The van der Waals surface area contributed by atoms with Crippen LogP contribution < -0.4 is 11.0 Å². The fourth-order valence-electron chi connectivity index (χ4n) is 5.80. The Hall–Kier alpha value is -3.42. The molecule has 1 aromatic carbocycles. The molecule has 244 valence electrons. The number of amides is 1. The number of ether oxygens (including phenoxy) is 1. The minimum atomic E-state index is -3.92. The molecular formula is C32H45N5O6SSi. The van der Waals surface area contributed by atoms with Crippen LogP contribution in [-0.4, -0.2) is 58.6 Å². The quantitative estimate of drug-likeness (QED) is 0.232. The van der Waals surface area contributed by atoms with Gasteiger partial charge in [-0.25, -0.2) is 27.0 Å². The lowest BCUT2D eigenvalue weighted by Gasteiger charge is -2.49. The summed E-state index contributed by atoms with van der Waals surface area (Å²) in [5.74, 6) is 0. The van der Waals surface area contributed by atoms with Crippen molar-refractivity contribution in [1.82, 2.24) is 23.8 Å². The molecule has 3 atom stereocenters. The van der Waals surface area contributed by atoms with Gasteiger partial charge in [0, 0.05) is 17.6 Å². The molecule has 3 aromatic heterocycles. The summed E-state index contributed by atoms with van der Waals surface area (Å²) in [5.41, 5.74) is -0.364. The number of aromatic nitrogens is 4. The van der Waals surface area contributed by atoms with E-state index in [1.807, 2.05) is 27.7 Å². The van der Waals surface area contributed by atoms with Gasteiger partial charge < -0.3 is 19.5 Å². The van der Waals surface area contributed by atoms with Crippen molar-refractivity contribution in [2.24, 2.45) is 0 Å². The number of hydrogen-bond acceptors (Lipinski definition) is 7. The van der Waals surface area contributed by atoms with E-state index >= 15 is 0 Å². The fourth-order valence-corrected chi connectivity index (χ4v) is 8.55. The van der Waals surface area contributed by atoms with E-state index < -0.39 is 41.7 Å². The number of imidazole rings is 1. The minimum absolute atomic E-state index is 0.0879. The SMILES string of the molecule is CC(C)(C)OC(=O)N[C@]1(C)CC[C@H](n2c(=O)[nH]c3cnc4c(ccn4S(=O)(=O)c4ccccc4)c32)C[C@H]1O[Si](C)(C)C(C)(C)C. The topological polar surface area (TPSA) is 137 Å². The molecule has 1 fully saturated rings. The molecule has 0 unspecified atom stereocenters. The maximum Gasteiger partial charge on any atom is 0.408 e. The minimum Gasteiger partial charge on any atom is -0.444 e. The second-order valence-corrected chi connectivity index (χ2v) is 21.4. The highest BCUT2D eigenvalue weighted by Crippen LogP contribution is 2.44. The van der Waals surface area contributed by atoms with Crippen LogP contribution in [0.4, 0.5) is 4.79 Å². The van der Waals surface area contributed by atoms with E-state index in [0.29, 0.717) is 35.7 Å². The summed E-state index contributed by atoms with van der Waals surface area (Å²) in [7, 11) is -6.24. The van der Waals surface area contributed by atoms with Crippen molar-refractivity contribution in [3.05, 3.63) is 59.3 Å². The highest BCUT2D eigenvalue weighted by molar-refractivity contribution is 7.90. The second kappa shape index (κ2) is 11.1. The molecule has 0 saturated heterocycles. The summed E-state index contributed by atoms with van der Waals surface area (Å²) < 4.78 is 42.6. The van der Waals surface area contributed by atoms with Crippen LogP contribution in [0, 0.1) is 0 Å². The van der Waals surface area contributed by atoms with Gasteiger partial charge in [-0.15, -0.1) is 0 Å². The van der Waals surface area contributed by atoms with Crippen LogP contribution in [0.25, 0.3) is 22.1 Å². The molecule has 2 N–H and O–H groups in total. The first kappa shape index (κ1) is 33.0. The van der Waals surface area contributed by atoms with Crippen LogP contribution in [0.5, 0.6) is 0 Å². The zero-order valence-electron chi connectivity index (χ0n) is 27.6. The number of benzene rings is 1. The third-order valence-corrected chi connectivity index (χ3v) is 15.4. The summed E-state index contributed by atoms with van der Waals surface area (Å²) in [4.78, 5) is 34.1. The van der Waals surface area contributed by atoms with E-state index in [9.17, 15) is 18.0 Å². The number of fused-ring (bicyclic) bond motifs is 3. The number of nitrogens with one attached hydrogen (secondary N) is 2. The molecule has 13 heteroatoms. The highest BCUT2D eigenvalue weighted by atomic mass is 32.2. The predicted octanol–water partition coefficient (Wildman–Crippen LogP) is 6.32. The number of hydrogen-bond donors (Lipinski definition) is 2. The lowest BCUT2D eigenvalue weighted by atomic mass is 9.78. The third kappa shape index (κ3) is 6.21. The van der Waals surface area contributed by atoms with Gasteiger partial charge in [-0.3, -0.25) is 4.57 Å². The Morgan fingerprint density at radius 1 is 1.11 bits per heavy atom. The average molecular weight is 656 g/mol. The number of alkyl carbamates (subject to hydrolysis) is 1. The Kier molecular flexibility index (Phi) is 8.15. The van der Waals surface area contributed by atoms with Crippen LogP contribution in [0.1, 0.15) is 73.8 Å². The maximum absolute atomic E-state index is 13.6. The molecule has 0 radical (unpaired) electrons. The van der Waals surface area contributed by atoms with Crippen molar-refractivity contribution in [2.45, 2.75) is 114 Å². The van der Waals surface area contributed by atoms with E-state index in [-0.39, 0.29) is 27.3 Å².